The molecule has 0 spiro atoms. The molecule has 0 unspecified atom stereocenters. The van der Waals surface area contributed by atoms with Crippen LogP contribution < -0.4 is 0 Å². The van der Waals surface area contributed by atoms with Crippen molar-refractivity contribution < 1.29 is 19.1 Å². The summed E-state index contributed by atoms with van der Waals surface area (Å²) in [5.41, 5.74) is 1.32. The minimum atomic E-state index is -0.542. The lowest BCUT2D eigenvalue weighted by atomic mass is 10.1. The summed E-state index contributed by atoms with van der Waals surface area (Å²) >= 11 is 0. The fraction of sp³-hybridized carbons (Fsp3) is 0.222. The molecule has 0 saturated heterocycles. The Labute approximate surface area is 129 Å². The minimum absolute atomic E-state index is 0.160. The van der Waals surface area contributed by atoms with Crippen LogP contribution in [0.15, 0.2) is 54.6 Å². The van der Waals surface area contributed by atoms with E-state index >= 15 is 0 Å². The van der Waals surface area contributed by atoms with E-state index in [1.54, 1.807) is 38.1 Å². The van der Waals surface area contributed by atoms with Crippen molar-refractivity contribution in [3.8, 4) is 0 Å². The molecule has 0 fully saturated rings. The lowest BCUT2D eigenvalue weighted by Gasteiger charge is -2.11. The third-order valence-corrected chi connectivity index (χ3v) is 2.92. The van der Waals surface area contributed by atoms with Crippen molar-refractivity contribution >= 4 is 11.9 Å². The van der Waals surface area contributed by atoms with Crippen LogP contribution in [0.2, 0.25) is 0 Å². The first-order valence-electron chi connectivity index (χ1n) is 7.09. The standard InChI is InChI=1S/C18H18O4/c1-13(2)22-18(20)16-11-7-6-10-15(16)17(19)21-12-14-8-4-3-5-9-14/h3-11,13H,12H2,1-2H3. The first-order chi connectivity index (χ1) is 10.6. The number of ether oxygens (including phenoxy) is 2. The maximum absolute atomic E-state index is 12.2. The summed E-state index contributed by atoms with van der Waals surface area (Å²) in [6.45, 7) is 3.68. The zero-order valence-electron chi connectivity index (χ0n) is 12.6. The van der Waals surface area contributed by atoms with Gasteiger partial charge < -0.3 is 9.47 Å². The molecule has 2 aromatic carbocycles. The molecule has 2 aromatic rings. The van der Waals surface area contributed by atoms with E-state index in [0.29, 0.717) is 0 Å². The first-order valence-corrected chi connectivity index (χ1v) is 7.09. The van der Waals surface area contributed by atoms with Crippen LogP contribution in [0.5, 0.6) is 0 Å². The summed E-state index contributed by atoms with van der Waals surface area (Å²) in [4.78, 5) is 24.2. The maximum Gasteiger partial charge on any atom is 0.339 e. The van der Waals surface area contributed by atoms with Crippen molar-refractivity contribution in [2.45, 2.75) is 26.6 Å². The van der Waals surface area contributed by atoms with Crippen molar-refractivity contribution in [2.24, 2.45) is 0 Å². The average Bonchev–Trinajstić information content (AvgIpc) is 2.53. The van der Waals surface area contributed by atoms with Gasteiger partial charge in [-0.15, -0.1) is 0 Å². The topological polar surface area (TPSA) is 52.6 Å². The van der Waals surface area contributed by atoms with Crippen LogP contribution in [0.25, 0.3) is 0 Å². The highest BCUT2D eigenvalue weighted by Gasteiger charge is 2.19. The molecule has 22 heavy (non-hydrogen) atoms. The molecule has 4 heteroatoms. The van der Waals surface area contributed by atoms with E-state index in [-0.39, 0.29) is 23.8 Å². The second-order valence-electron chi connectivity index (χ2n) is 5.06. The molecule has 0 aliphatic rings. The van der Waals surface area contributed by atoms with Gasteiger partial charge in [-0.3, -0.25) is 0 Å². The highest BCUT2D eigenvalue weighted by Crippen LogP contribution is 2.14. The van der Waals surface area contributed by atoms with Gasteiger partial charge in [-0.1, -0.05) is 42.5 Å². The van der Waals surface area contributed by atoms with Gasteiger partial charge in [-0.05, 0) is 31.5 Å². The minimum Gasteiger partial charge on any atom is -0.459 e. The lowest BCUT2D eigenvalue weighted by Crippen LogP contribution is -2.16. The van der Waals surface area contributed by atoms with Gasteiger partial charge in [0.15, 0.2) is 0 Å². The second-order valence-corrected chi connectivity index (χ2v) is 5.06. The van der Waals surface area contributed by atoms with Gasteiger partial charge in [0.1, 0.15) is 6.61 Å². The number of rotatable bonds is 5. The van der Waals surface area contributed by atoms with Crippen LogP contribution in [-0.4, -0.2) is 18.0 Å². The van der Waals surface area contributed by atoms with Crippen molar-refractivity contribution in [1.82, 2.24) is 0 Å². The molecule has 0 saturated carbocycles. The molecular weight excluding hydrogens is 280 g/mol. The van der Waals surface area contributed by atoms with Gasteiger partial charge in [0.05, 0.1) is 17.2 Å². The van der Waals surface area contributed by atoms with Crippen molar-refractivity contribution in [3.63, 3.8) is 0 Å². The molecule has 0 radical (unpaired) electrons. The number of benzene rings is 2. The van der Waals surface area contributed by atoms with Crippen LogP contribution in [0, 0.1) is 0 Å². The second kappa shape index (κ2) is 7.41. The van der Waals surface area contributed by atoms with E-state index in [2.05, 4.69) is 0 Å². The van der Waals surface area contributed by atoms with Gasteiger partial charge in [0.25, 0.3) is 0 Å². The molecule has 0 aliphatic heterocycles. The van der Waals surface area contributed by atoms with Crippen LogP contribution >= 0.6 is 0 Å². The van der Waals surface area contributed by atoms with Crippen LogP contribution in [0.3, 0.4) is 0 Å². The van der Waals surface area contributed by atoms with E-state index < -0.39 is 11.9 Å². The van der Waals surface area contributed by atoms with Crippen LogP contribution in [0.4, 0.5) is 0 Å². The fourth-order valence-corrected chi connectivity index (χ4v) is 1.92. The molecule has 0 heterocycles. The Morgan fingerprint density at radius 1 is 0.864 bits per heavy atom. The van der Waals surface area contributed by atoms with Crippen LogP contribution in [-0.2, 0) is 16.1 Å². The summed E-state index contributed by atoms with van der Waals surface area (Å²) in [6, 6.07) is 15.9. The van der Waals surface area contributed by atoms with Gasteiger partial charge in [0, 0.05) is 0 Å². The summed E-state index contributed by atoms with van der Waals surface area (Å²) in [7, 11) is 0. The molecule has 0 amide bonds. The summed E-state index contributed by atoms with van der Waals surface area (Å²) in [6.07, 6.45) is -0.249. The molecule has 0 N–H and O–H groups in total. The molecule has 0 bridgehead atoms. The van der Waals surface area contributed by atoms with Crippen molar-refractivity contribution in [3.05, 3.63) is 71.3 Å². The Balaban J connectivity index is 2.11. The molecule has 4 nitrogen and oxygen atoms in total. The summed E-state index contributed by atoms with van der Waals surface area (Å²) < 4.78 is 10.4. The molecule has 0 aliphatic carbocycles. The zero-order valence-corrected chi connectivity index (χ0v) is 12.6. The van der Waals surface area contributed by atoms with Gasteiger partial charge in [-0.2, -0.15) is 0 Å². The third-order valence-electron chi connectivity index (χ3n) is 2.92. The molecular formula is C18H18O4. The Morgan fingerprint density at radius 2 is 1.41 bits per heavy atom. The highest BCUT2D eigenvalue weighted by atomic mass is 16.5. The number of esters is 2. The summed E-state index contributed by atoms with van der Waals surface area (Å²) in [5.74, 6) is -1.07. The Morgan fingerprint density at radius 3 is 2.00 bits per heavy atom. The van der Waals surface area contributed by atoms with E-state index in [1.165, 1.54) is 0 Å². The normalized spacial score (nSPS) is 10.3. The molecule has 0 atom stereocenters. The third kappa shape index (κ3) is 4.19. The van der Waals surface area contributed by atoms with Gasteiger partial charge >= 0.3 is 11.9 Å². The van der Waals surface area contributed by atoms with E-state index in [4.69, 9.17) is 9.47 Å². The number of carbonyl (C=O) groups is 2. The fourth-order valence-electron chi connectivity index (χ4n) is 1.92. The van der Waals surface area contributed by atoms with E-state index in [1.807, 2.05) is 30.3 Å². The largest absolute Gasteiger partial charge is 0.459 e. The van der Waals surface area contributed by atoms with Gasteiger partial charge in [0.2, 0.25) is 0 Å². The summed E-state index contributed by atoms with van der Waals surface area (Å²) in [5, 5.41) is 0. The monoisotopic (exact) mass is 298 g/mol. The molecule has 114 valence electrons. The average molecular weight is 298 g/mol. The van der Waals surface area contributed by atoms with Crippen LogP contribution in [0.1, 0.15) is 40.1 Å². The van der Waals surface area contributed by atoms with Crippen molar-refractivity contribution in [1.29, 1.82) is 0 Å². The quantitative estimate of drug-likeness (QED) is 0.791. The lowest BCUT2D eigenvalue weighted by molar-refractivity contribution is 0.0357. The number of carbonyl (C=O) groups excluding carboxylic acids is 2. The zero-order chi connectivity index (χ0) is 15.9. The van der Waals surface area contributed by atoms with E-state index in [0.717, 1.165) is 5.56 Å². The SMILES string of the molecule is CC(C)OC(=O)c1ccccc1C(=O)OCc1ccccc1. The number of hydrogen-bond donors (Lipinski definition) is 0. The predicted octanol–water partition coefficient (Wildman–Crippen LogP) is 3.61. The Kier molecular flexibility index (Phi) is 5.31. The Bertz CT molecular complexity index is 647. The van der Waals surface area contributed by atoms with Crippen molar-refractivity contribution in [2.75, 3.05) is 0 Å². The smallest absolute Gasteiger partial charge is 0.339 e. The Hall–Kier alpha value is -2.62. The first kappa shape index (κ1) is 15.8. The predicted molar refractivity (Wildman–Crippen MR) is 82.6 cm³/mol. The highest BCUT2D eigenvalue weighted by molar-refractivity contribution is 6.03. The number of hydrogen-bond acceptors (Lipinski definition) is 4. The molecule has 0 aromatic heterocycles. The molecule has 2 rings (SSSR count). The van der Waals surface area contributed by atoms with Gasteiger partial charge in [-0.25, -0.2) is 9.59 Å². The van der Waals surface area contributed by atoms with E-state index in [9.17, 15) is 9.59 Å². The maximum atomic E-state index is 12.2.